The van der Waals surface area contributed by atoms with Crippen LogP contribution in [0.5, 0.6) is 17.2 Å². The van der Waals surface area contributed by atoms with Crippen LogP contribution in [-0.2, 0) is 9.47 Å². The summed E-state index contributed by atoms with van der Waals surface area (Å²) in [5.41, 5.74) is 0. The molecule has 2 atom stereocenters. The largest absolute Gasteiger partial charge is 0.489 e. The molecule has 1 fully saturated rings. The Bertz CT molecular complexity index is 749. The van der Waals surface area contributed by atoms with E-state index >= 15 is 0 Å². The van der Waals surface area contributed by atoms with Crippen LogP contribution in [0.1, 0.15) is 13.8 Å². The normalized spacial score (nSPS) is 19.8. The number of hydrogen-bond donors (Lipinski definition) is 0. The van der Waals surface area contributed by atoms with E-state index in [4.69, 9.17) is 30.5 Å². The average molecular weight is 385 g/mol. The van der Waals surface area contributed by atoms with Gasteiger partial charge in [-0.2, -0.15) is 0 Å². The first-order valence-electron chi connectivity index (χ1n) is 8.24. The van der Waals surface area contributed by atoms with E-state index in [1.54, 1.807) is 12.1 Å². The van der Waals surface area contributed by atoms with E-state index in [1.807, 2.05) is 13.8 Å². The predicted molar refractivity (Wildman–Crippen MR) is 92.8 cm³/mol. The zero-order valence-corrected chi connectivity index (χ0v) is 15.1. The number of halogens is 3. The maximum absolute atomic E-state index is 13.2. The molecule has 1 aliphatic heterocycles. The van der Waals surface area contributed by atoms with Crippen molar-refractivity contribution >= 4 is 11.6 Å². The Balaban J connectivity index is 1.59. The fraction of sp³-hybridized carbons (Fsp3) is 0.368. The molecule has 0 amide bonds. The zero-order valence-electron chi connectivity index (χ0n) is 14.4. The third-order valence-electron chi connectivity index (χ3n) is 3.72. The second-order valence-electron chi connectivity index (χ2n) is 6.31. The van der Waals surface area contributed by atoms with Crippen molar-refractivity contribution in [3.63, 3.8) is 0 Å². The molecule has 0 aliphatic carbocycles. The molecule has 26 heavy (non-hydrogen) atoms. The van der Waals surface area contributed by atoms with Crippen LogP contribution in [0.25, 0.3) is 0 Å². The van der Waals surface area contributed by atoms with E-state index in [1.165, 1.54) is 6.07 Å². The summed E-state index contributed by atoms with van der Waals surface area (Å²) in [4.78, 5) is 0. The van der Waals surface area contributed by atoms with Crippen molar-refractivity contribution in [3.05, 3.63) is 53.1 Å². The van der Waals surface area contributed by atoms with Gasteiger partial charge >= 0.3 is 0 Å². The highest BCUT2D eigenvalue weighted by molar-refractivity contribution is 6.32. The van der Waals surface area contributed by atoms with E-state index in [0.29, 0.717) is 29.7 Å². The van der Waals surface area contributed by atoms with Crippen molar-refractivity contribution in [1.29, 1.82) is 0 Å². The molecule has 3 rings (SSSR count). The minimum atomic E-state index is -0.718. The Morgan fingerprint density at radius 3 is 2.46 bits per heavy atom. The zero-order chi connectivity index (χ0) is 18.7. The van der Waals surface area contributed by atoms with Crippen molar-refractivity contribution in [2.24, 2.45) is 5.92 Å². The van der Waals surface area contributed by atoms with Gasteiger partial charge in [-0.3, -0.25) is 0 Å². The SMILES string of the molecule is CC(C)C1OCC(COc2ccc(Oc3cc(F)cc(F)c3)cc2Cl)O1. The molecule has 2 aromatic carbocycles. The quantitative estimate of drug-likeness (QED) is 0.687. The van der Waals surface area contributed by atoms with Crippen LogP contribution in [0.2, 0.25) is 5.02 Å². The Morgan fingerprint density at radius 2 is 1.85 bits per heavy atom. The van der Waals surface area contributed by atoms with Gasteiger partial charge in [0.25, 0.3) is 0 Å². The summed E-state index contributed by atoms with van der Waals surface area (Å²) in [7, 11) is 0. The number of hydrogen-bond acceptors (Lipinski definition) is 4. The van der Waals surface area contributed by atoms with Gasteiger partial charge in [-0.1, -0.05) is 25.4 Å². The molecule has 1 saturated heterocycles. The second-order valence-corrected chi connectivity index (χ2v) is 6.72. The fourth-order valence-corrected chi connectivity index (χ4v) is 2.70. The summed E-state index contributed by atoms with van der Waals surface area (Å²) < 4.78 is 48.8. The van der Waals surface area contributed by atoms with Crippen LogP contribution >= 0.6 is 11.6 Å². The van der Waals surface area contributed by atoms with E-state index in [0.717, 1.165) is 18.2 Å². The lowest BCUT2D eigenvalue weighted by Gasteiger charge is -2.15. The lowest BCUT2D eigenvalue weighted by Crippen LogP contribution is -2.22. The van der Waals surface area contributed by atoms with Gasteiger partial charge in [-0.05, 0) is 12.1 Å². The van der Waals surface area contributed by atoms with E-state index in [9.17, 15) is 8.78 Å². The van der Waals surface area contributed by atoms with Gasteiger partial charge in [-0.15, -0.1) is 0 Å². The number of benzene rings is 2. The highest BCUT2D eigenvalue weighted by atomic mass is 35.5. The lowest BCUT2D eigenvalue weighted by atomic mass is 10.2. The highest BCUT2D eigenvalue weighted by Crippen LogP contribution is 2.32. The van der Waals surface area contributed by atoms with Crippen LogP contribution in [0.3, 0.4) is 0 Å². The second kappa shape index (κ2) is 8.20. The van der Waals surface area contributed by atoms with E-state index in [-0.39, 0.29) is 24.1 Å². The molecule has 0 saturated carbocycles. The van der Waals surface area contributed by atoms with Gasteiger partial charge in [0.15, 0.2) is 6.29 Å². The molecular formula is C19H19ClF2O4. The third kappa shape index (κ3) is 4.84. The minimum Gasteiger partial charge on any atom is -0.489 e. The van der Waals surface area contributed by atoms with Crippen molar-refractivity contribution in [2.75, 3.05) is 13.2 Å². The van der Waals surface area contributed by atoms with E-state index < -0.39 is 11.6 Å². The molecule has 0 N–H and O–H groups in total. The fourth-order valence-electron chi connectivity index (χ4n) is 2.48. The first kappa shape index (κ1) is 18.9. The van der Waals surface area contributed by atoms with Gasteiger partial charge in [0.2, 0.25) is 0 Å². The Morgan fingerprint density at radius 1 is 1.12 bits per heavy atom. The molecule has 0 spiro atoms. The van der Waals surface area contributed by atoms with Crippen LogP contribution < -0.4 is 9.47 Å². The third-order valence-corrected chi connectivity index (χ3v) is 4.01. The van der Waals surface area contributed by atoms with Gasteiger partial charge in [0.05, 0.1) is 11.6 Å². The first-order valence-corrected chi connectivity index (χ1v) is 8.62. The molecule has 7 heteroatoms. The molecule has 140 valence electrons. The van der Waals surface area contributed by atoms with Crippen LogP contribution in [-0.4, -0.2) is 25.6 Å². The monoisotopic (exact) mass is 384 g/mol. The van der Waals surface area contributed by atoms with Crippen LogP contribution in [0.15, 0.2) is 36.4 Å². The highest BCUT2D eigenvalue weighted by Gasteiger charge is 2.28. The molecule has 4 nitrogen and oxygen atoms in total. The first-order chi connectivity index (χ1) is 12.4. The van der Waals surface area contributed by atoms with Crippen molar-refractivity contribution < 1.29 is 27.7 Å². The summed E-state index contributed by atoms with van der Waals surface area (Å²) in [6, 6.07) is 7.70. The maximum Gasteiger partial charge on any atom is 0.160 e. The average Bonchev–Trinajstić information content (AvgIpc) is 3.02. The molecule has 1 aliphatic rings. The molecule has 0 aromatic heterocycles. The van der Waals surface area contributed by atoms with Gasteiger partial charge in [0, 0.05) is 30.2 Å². The Kier molecular flexibility index (Phi) is 5.96. The van der Waals surface area contributed by atoms with Gasteiger partial charge in [0.1, 0.15) is 41.6 Å². The molecule has 2 unspecified atom stereocenters. The van der Waals surface area contributed by atoms with Crippen LogP contribution in [0, 0.1) is 17.6 Å². The minimum absolute atomic E-state index is 0.0449. The van der Waals surface area contributed by atoms with Crippen molar-refractivity contribution in [3.8, 4) is 17.2 Å². The van der Waals surface area contributed by atoms with E-state index in [2.05, 4.69) is 0 Å². The molecule has 0 radical (unpaired) electrons. The predicted octanol–water partition coefficient (Wildman–Crippen LogP) is 5.19. The molecule has 0 bridgehead atoms. The Hall–Kier alpha value is -1.89. The van der Waals surface area contributed by atoms with Crippen LogP contribution in [0.4, 0.5) is 8.78 Å². The molecule has 2 aromatic rings. The number of ether oxygens (including phenoxy) is 4. The summed E-state index contributed by atoms with van der Waals surface area (Å²) in [6.07, 6.45) is -0.383. The van der Waals surface area contributed by atoms with Crippen molar-refractivity contribution in [1.82, 2.24) is 0 Å². The summed E-state index contributed by atoms with van der Waals surface area (Å²) in [5.74, 6) is -0.320. The lowest BCUT2D eigenvalue weighted by molar-refractivity contribution is -0.0914. The van der Waals surface area contributed by atoms with Crippen molar-refractivity contribution in [2.45, 2.75) is 26.2 Å². The number of rotatable bonds is 6. The maximum atomic E-state index is 13.2. The molecule has 1 heterocycles. The summed E-state index contributed by atoms with van der Waals surface area (Å²) >= 11 is 6.20. The smallest absolute Gasteiger partial charge is 0.160 e. The summed E-state index contributed by atoms with van der Waals surface area (Å²) in [5, 5.41) is 0.318. The van der Waals surface area contributed by atoms with Gasteiger partial charge < -0.3 is 18.9 Å². The standard InChI is InChI=1S/C19H19ClF2O4/c1-11(2)19-24-10-16(26-19)9-23-18-4-3-14(8-17(18)20)25-15-6-12(21)5-13(22)7-15/h3-8,11,16,19H,9-10H2,1-2H3. The Labute approximate surface area is 155 Å². The van der Waals surface area contributed by atoms with Gasteiger partial charge in [-0.25, -0.2) is 8.78 Å². The topological polar surface area (TPSA) is 36.9 Å². The molecular weight excluding hydrogens is 366 g/mol. The summed E-state index contributed by atoms with van der Waals surface area (Å²) in [6.45, 7) is 4.81.